The first-order valence-corrected chi connectivity index (χ1v) is 7.03. The van der Waals surface area contributed by atoms with Gasteiger partial charge >= 0.3 is 6.03 Å². The summed E-state index contributed by atoms with van der Waals surface area (Å²) in [5.74, 6) is -0.180. The molecule has 0 unspecified atom stereocenters. The number of urea groups is 1. The van der Waals surface area contributed by atoms with Crippen molar-refractivity contribution in [3.63, 3.8) is 0 Å². The van der Waals surface area contributed by atoms with E-state index in [1.54, 1.807) is 12.1 Å². The van der Waals surface area contributed by atoms with Crippen molar-refractivity contribution in [2.24, 2.45) is 11.1 Å². The minimum atomic E-state index is -0.794. The summed E-state index contributed by atoms with van der Waals surface area (Å²) in [4.78, 5) is 31.5. The lowest BCUT2D eigenvalue weighted by Crippen LogP contribution is -2.37. The number of carbonyl (C=O) groups excluding carboxylic acids is 2. The van der Waals surface area contributed by atoms with Crippen molar-refractivity contribution < 1.29 is 14.4 Å². The van der Waals surface area contributed by atoms with Gasteiger partial charge in [-0.1, -0.05) is 23.4 Å². The first kappa shape index (κ1) is 12.4. The molecule has 6 nitrogen and oxygen atoms in total. The first-order chi connectivity index (χ1) is 10.1. The Morgan fingerprint density at radius 2 is 2.10 bits per heavy atom. The van der Waals surface area contributed by atoms with Crippen LogP contribution in [0.15, 0.2) is 35.5 Å². The minimum absolute atomic E-state index is 0.00358. The standard InChI is InChI=1S/C15H15N3O3/c1-9-7-12(21-17-9)11-8-15(11)13(19)18(14(20)16-15)10-5-3-2-4-6-10/h2-6,11-12H,7-8H2,1H3,(H,16,20)/t11-,12-,15+/m0/s1. The third kappa shape index (κ3) is 1.68. The maximum Gasteiger partial charge on any atom is 0.329 e. The maximum atomic E-state index is 12.7. The van der Waals surface area contributed by atoms with Gasteiger partial charge in [-0.2, -0.15) is 0 Å². The largest absolute Gasteiger partial charge is 0.392 e. The van der Waals surface area contributed by atoms with Crippen LogP contribution in [-0.2, 0) is 9.63 Å². The highest BCUT2D eigenvalue weighted by Gasteiger charge is 2.70. The van der Waals surface area contributed by atoms with Gasteiger partial charge in [0.25, 0.3) is 5.91 Å². The number of nitrogens with one attached hydrogen (secondary N) is 1. The molecule has 4 rings (SSSR count). The number of nitrogens with zero attached hydrogens (tertiary/aromatic N) is 2. The van der Waals surface area contributed by atoms with E-state index in [9.17, 15) is 9.59 Å². The molecule has 2 heterocycles. The van der Waals surface area contributed by atoms with Crippen LogP contribution in [0.4, 0.5) is 10.5 Å². The molecule has 2 fully saturated rings. The third-order valence-corrected chi connectivity index (χ3v) is 4.44. The number of benzene rings is 1. The van der Waals surface area contributed by atoms with E-state index >= 15 is 0 Å². The minimum Gasteiger partial charge on any atom is -0.392 e. The van der Waals surface area contributed by atoms with Crippen molar-refractivity contribution in [1.29, 1.82) is 0 Å². The molecule has 1 aromatic rings. The predicted molar refractivity (Wildman–Crippen MR) is 75.9 cm³/mol. The predicted octanol–water partition coefficient (Wildman–Crippen LogP) is 1.67. The van der Waals surface area contributed by atoms with Gasteiger partial charge in [-0.05, 0) is 25.5 Å². The number of carbonyl (C=O) groups is 2. The first-order valence-electron chi connectivity index (χ1n) is 7.03. The highest BCUT2D eigenvalue weighted by Crippen LogP contribution is 2.52. The Morgan fingerprint density at radius 3 is 2.76 bits per heavy atom. The zero-order chi connectivity index (χ0) is 14.6. The molecule has 3 aliphatic rings. The summed E-state index contributed by atoms with van der Waals surface area (Å²) in [5.41, 5.74) is 0.735. The number of rotatable bonds is 2. The van der Waals surface area contributed by atoms with Gasteiger partial charge in [0.05, 0.1) is 11.4 Å². The molecule has 1 saturated carbocycles. The van der Waals surface area contributed by atoms with Crippen molar-refractivity contribution in [3.8, 4) is 0 Å². The molecule has 1 N–H and O–H groups in total. The number of anilines is 1. The van der Waals surface area contributed by atoms with E-state index in [1.165, 1.54) is 4.90 Å². The molecular formula is C15H15N3O3. The summed E-state index contributed by atoms with van der Waals surface area (Å²) < 4.78 is 0. The average Bonchev–Trinajstić information content (AvgIpc) is 2.93. The highest BCUT2D eigenvalue weighted by molar-refractivity contribution is 6.24. The van der Waals surface area contributed by atoms with Crippen LogP contribution < -0.4 is 10.2 Å². The number of hydrogen-bond acceptors (Lipinski definition) is 4. The Hall–Kier alpha value is -2.37. The second-order valence-corrected chi connectivity index (χ2v) is 5.86. The zero-order valence-corrected chi connectivity index (χ0v) is 11.6. The molecular weight excluding hydrogens is 270 g/mol. The van der Waals surface area contributed by atoms with Crippen molar-refractivity contribution in [3.05, 3.63) is 30.3 Å². The Balaban J connectivity index is 1.58. The Kier molecular flexibility index (Phi) is 2.40. The topological polar surface area (TPSA) is 71.0 Å². The van der Waals surface area contributed by atoms with Crippen LogP contribution in [0.2, 0.25) is 0 Å². The van der Waals surface area contributed by atoms with Crippen LogP contribution in [0.5, 0.6) is 0 Å². The molecule has 6 heteroatoms. The van der Waals surface area contributed by atoms with Gasteiger partial charge in [0.15, 0.2) is 0 Å². The smallest absolute Gasteiger partial charge is 0.329 e. The Labute approximate surface area is 121 Å². The second kappa shape index (κ2) is 4.07. The van der Waals surface area contributed by atoms with Crippen LogP contribution >= 0.6 is 0 Å². The Morgan fingerprint density at radius 1 is 1.33 bits per heavy atom. The van der Waals surface area contributed by atoms with E-state index in [4.69, 9.17) is 4.84 Å². The van der Waals surface area contributed by atoms with E-state index in [0.29, 0.717) is 12.1 Å². The fourth-order valence-electron chi connectivity index (χ4n) is 3.27. The molecule has 0 radical (unpaired) electrons. The maximum absolute atomic E-state index is 12.7. The summed E-state index contributed by atoms with van der Waals surface area (Å²) in [7, 11) is 0. The molecule has 0 bridgehead atoms. The molecule has 1 aliphatic carbocycles. The van der Waals surface area contributed by atoms with Crippen molar-refractivity contribution in [2.75, 3.05) is 4.90 Å². The molecule has 0 aromatic heterocycles. The zero-order valence-electron chi connectivity index (χ0n) is 11.6. The van der Waals surface area contributed by atoms with E-state index in [2.05, 4.69) is 10.5 Å². The lowest BCUT2D eigenvalue weighted by Gasteiger charge is -2.14. The molecule has 1 aromatic carbocycles. The average molecular weight is 285 g/mol. The van der Waals surface area contributed by atoms with Crippen molar-refractivity contribution in [2.45, 2.75) is 31.4 Å². The van der Waals surface area contributed by atoms with E-state index < -0.39 is 5.54 Å². The van der Waals surface area contributed by atoms with Crippen LogP contribution in [0, 0.1) is 5.92 Å². The normalized spacial score (nSPS) is 34.0. The quantitative estimate of drug-likeness (QED) is 0.840. The van der Waals surface area contributed by atoms with Crippen molar-refractivity contribution >= 4 is 23.3 Å². The van der Waals surface area contributed by atoms with Gasteiger partial charge in [-0.25, -0.2) is 9.69 Å². The SMILES string of the molecule is CC1=NO[C@H]([C@@H]2C[C@@]23NC(=O)N(c2ccccc2)C3=O)C1. The van der Waals surface area contributed by atoms with E-state index in [-0.39, 0.29) is 24.0 Å². The third-order valence-electron chi connectivity index (χ3n) is 4.44. The summed E-state index contributed by atoms with van der Waals surface area (Å²) in [6.45, 7) is 1.90. The van der Waals surface area contributed by atoms with Gasteiger partial charge in [-0.15, -0.1) is 0 Å². The van der Waals surface area contributed by atoms with Crippen LogP contribution in [0.25, 0.3) is 0 Å². The van der Waals surface area contributed by atoms with Crippen LogP contribution in [0.1, 0.15) is 19.8 Å². The van der Waals surface area contributed by atoms with Crippen molar-refractivity contribution in [1.82, 2.24) is 5.32 Å². The van der Waals surface area contributed by atoms with Gasteiger partial charge < -0.3 is 10.2 Å². The molecule has 3 atom stereocenters. The molecule has 1 saturated heterocycles. The number of amides is 3. The summed E-state index contributed by atoms with van der Waals surface area (Å²) >= 11 is 0. The van der Waals surface area contributed by atoms with Gasteiger partial charge in [0, 0.05) is 12.3 Å². The molecule has 21 heavy (non-hydrogen) atoms. The lowest BCUT2D eigenvalue weighted by atomic mass is 10.1. The Bertz CT molecular complexity index is 657. The van der Waals surface area contributed by atoms with Crippen LogP contribution in [-0.4, -0.2) is 29.3 Å². The summed E-state index contributed by atoms with van der Waals surface area (Å²) in [6, 6.07) is 8.62. The fraction of sp³-hybridized carbons (Fsp3) is 0.400. The highest BCUT2D eigenvalue weighted by atomic mass is 16.6. The summed E-state index contributed by atoms with van der Waals surface area (Å²) in [5, 5.41) is 6.78. The second-order valence-electron chi connectivity index (χ2n) is 5.86. The molecule has 2 aliphatic heterocycles. The summed E-state index contributed by atoms with van der Waals surface area (Å²) in [6.07, 6.45) is 1.24. The van der Waals surface area contributed by atoms with Gasteiger partial charge in [0.1, 0.15) is 11.6 Å². The van der Waals surface area contributed by atoms with Gasteiger partial charge in [0.2, 0.25) is 0 Å². The fourth-order valence-corrected chi connectivity index (χ4v) is 3.27. The molecule has 1 spiro atoms. The number of para-hydroxylation sites is 1. The van der Waals surface area contributed by atoms with Crippen LogP contribution in [0.3, 0.4) is 0 Å². The number of oxime groups is 1. The number of imide groups is 1. The van der Waals surface area contributed by atoms with E-state index in [1.807, 2.05) is 25.1 Å². The monoisotopic (exact) mass is 285 g/mol. The molecule has 108 valence electrons. The lowest BCUT2D eigenvalue weighted by molar-refractivity contribution is -0.120. The number of hydrogen-bond donors (Lipinski definition) is 1. The van der Waals surface area contributed by atoms with E-state index in [0.717, 1.165) is 12.1 Å². The van der Waals surface area contributed by atoms with Gasteiger partial charge in [-0.3, -0.25) is 4.79 Å². The molecule has 3 amide bonds.